The molecule has 0 aromatic carbocycles. The van der Waals surface area contributed by atoms with E-state index in [4.69, 9.17) is 10.5 Å². The molecule has 1 aromatic heterocycles. The van der Waals surface area contributed by atoms with Gasteiger partial charge >= 0.3 is 0 Å². The predicted molar refractivity (Wildman–Crippen MR) is 90.7 cm³/mol. The van der Waals surface area contributed by atoms with Gasteiger partial charge in [0.15, 0.2) is 0 Å². The van der Waals surface area contributed by atoms with Gasteiger partial charge in [0.05, 0.1) is 5.69 Å². The molecule has 1 aliphatic heterocycles. The molecule has 1 atom stereocenters. The van der Waals surface area contributed by atoms with Crippen LogP contribution in [0.1, 0.15) is 69.0 Å². The molecule has 2 aliphatic carbocycles. The summed E-state index contributed by atoms with van der Waals surface area (Å²) in [6.07, 6.45) is 12.4. The number of nitrogen functional groups attached to an aromatic ring is 1. The van der Waals surface area contributed by atoms with Crippen molar-refractivity contribution >= 4 is 5.95 Å². The minimum Gasteiger partial charge on any atom is -0.476 e. The zero-order valence-electron chi connectivity index (χ0n) is 13.9. The first-order valence-electron chi connectivity index (χ1n) is 9.30. The molecule has 2 heterocycles. The standard InChI is InChI=1S/C18H28N4O/c19-17-21-15-14(7-5-10-18(15)8-2-3-9-18)16(22-17)23-12-13-6-1-4-11-20-13/h13,20H,1-12H2,(H2,19,21,22)/t13-/m1/s1. The highest BCUT2D eigenvalue weighted by Gasteiger charge is 2.42. The van der Waals surface area contributed by atoms with E-state index in [0.717, 1.165) is 18.8 Å². The molecule has 0 radical (unpaired) electrons. The fourth-order valence-electron chi connectivity index (χ4n) is 4.77. The van der Waals surface area contributed by atoms with Crippen molar-refractivity contribution in [1.82, 2.24) is 15.3 Å². The lowest BCUT2D eigenvalue weighted by Crippen LogP contribution is -2.39. The molecule has 0 unspecified atom stereocenters. The Hall–Kier alpha value is -1.36. The molecule has 1 saturated carbocycles. The van der Waals surface area contributed by atoms with E-state index in [2.05, 4.69) is 15.3 Å². The SMILES string of the molecule is Nc1nc(OC[C@H]2CCCCN2)c2c(n1)C1(CCCC1)CCC2. The van der Waals surface area contributed by atoms with E-state index in [0.29, 0.717) is 18.6 Å². The first kappa shape index (κ1) is 15.2. The first-order chi connectivity index (χ1) is 11.3. The fourth-order valence-corrected chi connectivity index (χ4v) is 4.77. The van der Waals surface area contributed by atoms with E-state index in [-0.39, 0.29) is 5.41 Å². The molecule has 5 nitrogen and oxygen atoms in total. The van der Waals surface area contributed by atoms with Crippen LogP contribution in [0.25, 0.3) is 0 Å². The molecular weight excluding hydrogens is 288 g/mol. The van der Waals surface area contributed by atoms with E-state index >= 15 is 0 Å². The molecule has 126 valence electrons. The Morgan fingerprint density at radius 2 is 1.91 bits per heavy atom. The summed E-state index contributed by atoms with van der Waals surface area (Å²) >= 11 is 0. The summed E-state index contributed by atoms with van der Waals surface area (Å²) in [5.74, 6) is 1.13. The van der Waals surface area contributed by atoms with Crippen LogP contribution in [0.3, 0.4) is 0 Å². The summed E-state index contributed by atoms with van der Waals surface area (Å²) in [4.78, 5) is 9.12. The van der Waals surface area contributed by atoms with Gasteiger partial charge in [0.25, 0.3) is 0 Å². The van der Waals surface area contributed by atoms with Gasteiger partial charge < -0.3 is 15.8 Å². The van der Waals surface area contributed by atoms with Crippen LogP contribution in [0.15, 0.2) is 0 Å². The van der Waals surface area contributed by atoms with Crippen molar-refractivity contribution in [1.29, 1.82) is 0 Å². The number of nitrogens with zero attached hydrogens (tertiary/aromatic N) is 2. The predicted octanol–water partition coefficient (Wildman–Crippen LogP) is 2.73. The fraction of sp³-hybridized carbons (Fsp3) is 0.778. The lowest BCUT2D eigenvalue weighted by Gasteiger charge is -2.35. The number of ether oxygens (including phenoxy) is 1. The highest BCUT2D eigenvalue weighted by Crippen LogP contribution is 2.49. The average Bonchev–Trinajstić information content (AvgIpc) is 3.04. The Morgan fingerprint density at radius 1 is 1.09 bits per heavy atom. The number of piperidine rings is 1. The zero-order chi connectivity index (χ0) is 15.7. The normalized spacial score (nSPS) is 26.2. The molecule has 0 amide bonds. The second kappa shape index (κ2) is 6.27. The Morgan fingerprint density at radius 3 is 2.70 bits per heavy atom. The van der Waals surface area contributed by atoms with Crippen molar-refractivity contribution in [2.75, 3.05) is 18.9 Å². The van der Waals surface area contributed by atoms with Crippen LogP contribution in [0.4, 0.5) is 5.95 Å². The van der Waals surface area contributed by atoms with E-state index in [1.165, 1.54) is 69.0 Å². The van der Waals surface area contributed by atoms with Gasteiger partial charge in [-0.2, -0.15) is 4.98 Å². The quantitative estimate of drug-likeness (QED) is 0.897. The van der Waals surface area contributed by atoms with Crippen molar-refractivity contribution in [2.45, 2.75) is 75.7 Å². The summed E-state index contributed by atoms with van der Waals surface area (Å²) in [6, 6.07) is 0.444. The molecule has 0 bridgehead atoms. The topological polar surface area (TPSA) is 73.1 Å². The van der Waals surface area contributed by atoms with Crippen molar-refractivity contribution in [3.05, 3.63) is 11.3 Å². The molecule has 5 heteroatoms. The third kappa shape index (κ3) is 2.91. The third-order valence-electron chi connectivity index (χ3n) is 5.97. The van der Waals surface area contributed by atoms with Crippen molar-refractivity contribution in [3.8, 4) is 5.88 Å². The van der Waals surface area contributed by atoms with Crippen molar-refractivity contribution < 1.29 is 4.74 Å². The van der Waals surface area contributed by atoms with Gasteiger partial charge in [-0.1, -0.05) is 19.3 Å². The van der Waals surface area contributed by atoms with Gasteiger partial charge in [-0.15, -0.1) is 0 Å². The van der Waals surface area contributed by atoms with Gasteiger partial charge in [-0.25, -0.2) is 4.98 Å². The smallest absolute Gasteiger partial charge is 0.223 e. The van der Waals surface area contributed by atoms with Crippen LogP contribution in [0.2, 0.25) is 0 Å². The van der Waals surface area contributed by atoms with Gasteiger partial charge in [0, 0.05) is 17.0 Å². The Kier molecular flexibility index (Phi) is 4.14. The Bertz CT molecular complexity index is 562. The molecule has 3 aliphatic rings. The van der Waals surface area contributed by atoms with Crippen LogP contribution in [0.5, 0.6) is 5.88 Å². The summed E-state index contributed by atoms with van der Waals surface area (Å²) in [7, 11) is 0. The maximum Gasteiger partial charge on any atom is 0.223 e. The van der Waals surface area contributed by atoms with Crippen LogP contribution >= 0.6 is 0 Å². The second-order valence-electron chi connectivity index (χ2n) is 7.51. The number of nitrogens with two attached hydrogens (primary N) is 1. The van der Waals surface area contributed by atoms with Gasteiger partial charge in [0.1, 0.15) is 6.61 Å². The number of rotatable bonds is 3. The van der Waals surface area contributed by atoms with Crippen LogP contribution in [0, 0.1) is 0 Å². The number of hydrogen-bond acceptors (Lipinski definition) is 5. The number of fused-ring (bicyclic) bond motifs is 2. The average molecular weight is 316 g/mol. The number of hydrogen-bond donors (Lipinski definition) is 2. The maximum absolute atomic E-state index is 6.13. The van der Waals surface area contributed by atoms with E-state index < -0.39 is 0 Å². The van der Waals surface area contributed by atoms with E-state index in [1.54, 1.807) is 0 Å². The Labute approximate surface area is 138 Å². The highest BCUT2D eigenvalue weighted by atomic mass is 16.5. The molecule has 4 rings (SSSR count). The summed E-state index contributed by atoms with van der Waals surface area (Å²) in [6.45, 7) is 1.79. The van der Waals surface area contributed by atoms with Crippen LogP contribution < -0.4 is 15.8 Å². The van der Waals surface area contributed by atoms with Gasteiger partial charge in [-0.05, 0) is 51.5 Å². The van der Waals surface area contributed by atoms with Crippen molar-refractivity contribution in [3.63, 3.8) is 0 Å². The molecule has 1 aromatic rings. The summed E-state index contributed by atoms with van der Waals surface area (Å²) < 4.78 is 6.13. The van der Waals surface area contributed by atoms with Gasteiger partial charge in [0.2, 0.25) is 11.8 Å². The minimum atomic E-state index is 0.256. The summed E-state index contributed by atoms with van der Waals surface area (Å²) in [5.41, 5.74) is 8.73. The maximum atomic E-state index is 6.13. The Balaban J connectivity index is 1.58. The van der Waals surface area contributed by atoms with Crippen LogP contribution in [-0.2, 0) is 11.8 Å². The number of anilines is 1. The van der Waals surface area contributed by atoms with Crippen LogP contribution in [-0.4, -0.2) is 29.2 Å². The first-order valence-corrected chi connectivity index (χ1v) is 9.30. The number of aromatic nitrogens is 2. The molecule has 3 N–H and O–H groups in total. The highest BCUT2D eigenvalue weighted by molar-refractivity contribution is 5.42. The second-order valence-corrected chi connectivity index (χ2v) is 7.51. The largest absolute Gasteiger partial charge is 0.476 e. The molecule has 23 heavy (non-hydrogen) atoms. The lowest BCUT2D eigenvalue weighted by molar-refractivity contribution is 0.226. The number of nitrogens with one attached hydrogen (secondary N) is 1. The molecule has 2 fully saturated rings. The van der Waals surface area contributed by atoms with Gasteiger partial charge in [-0.3, -0.25) is 0 Å². The molecule has 1 saturated heterocycles. The minimum absolute atomic E-state index is 0.256. The lowest BCUT2D eigenvalue weighted by atomic mass is 9.72. The third-order valence-corrected chi connectivity index (χ3v) is 5.97. The molecule has 1 spiro atoms. The zero-order valence-corrected chi connectivity index (χ0v) is 13.9. The molecular formula is C18H28N4O. The summed E-state index contributed by atoms with van der Waals surface area (Å²) in [5, 5.41) is 3.53. The van der Waals surface area contributed by atoms with Crippen molar-refractivity contribution in [2.24, 2.45) is 0 Å². The monoisotopic (exact) mass is 316 g/mol. The van der Waals surface area contributed by atoms with E-state index in [9.17, 15) is 0 Å². The van der Waals surface area contributed by atoms with E-state index in [1.807, 2.05) is 0 Å².